The molecule has 38 heavy (non-hydrogen) atoms. The Hall–Kier alpha value is -5.22. The van der Waals surface area contributed by atoms with E-state index in [0.29, 0.717) is 17.1 Å². The maximum Gasteiger partial charge on any atom is 0.139 e. The van der Waals surface area contributed by atoms with Crippen molar-refractivity contribution in [3.05, 3.63) is 146 Å². The summed E-state index contributed by atoms with van der Waals surface area (Å²) >= 11 is 0. The molecular formula is C34H25N3O. The molecule has 4 nitrogen and oxygen atoms in total. The quantitative estimate of drug-likeness (QED) is 0.253. The van der Waals surface area contributed by atoms with E-state index < -0.39 is 0 Å². The summed E-state index contributed by atoms with van der Waals surface area (Å²) in [6.45, 7) is 0. The lowest BCUT2D eigenvalue weighted by Crippen LogP contribution is -2.14. The fourth-order valence-corrected chi connectivity index (χ4v) is 4.60. The normalized spacial score (nSPS) is 10.7. The maximum absolute atomic E-state index is 10.5. The van der Waals surface area contributed by atoms with Gasteiger partial charge in [-0.05, 0) is 48.0 Å². The molecule has 2 aromatic heterocycles. The topological polar surface area (TPSA) is 49.2 Å². The van der Waals surface area contributed by atoms with Crippen molar-refractivity contribution in [1.29, 1.82) is 0 Å². The highest BCUT2D eigenvalue weighted by molar-refractivity contribution is 5.87. The molecule has 1 N–H and O–H groups in total. The van der Waals surface area contributed by atoms with Crippen LogP contribution < -0.4 is 4.90 Å². The number of phenolic OH excluding ortho intramolecular Hbond substituents is 1. The molecule has 6 aromatic rings. The highest BCUT2D eigenvalue weighted by atomic mass is 16.3. The highest BCUT2D eigenvalue weighted by Crippen LogP contribution is 2.40. The number of phenols is 1. The van der Waals surface area contributed by atoms with Crippen LogP contribution >= 0.6 is 0 Å². The van der Waals surface area contributed by atoms with E-state index in [1.807, 2.05) is 103 Å². The molecule has 0 radical (unpaired) electrons. The van der Waals surface area contributed by atoms with Gasteiger partial charge in [-0.1, -0.05) is 103 Å². The molecule has 0 fully saturated rings. The second kappa shape index (κ2) is 10.4. The van der Waals surface area contributed by atoms with Gasteiger partial charge in [0.1, 0.15) is 17.4 Å². The van der Waals surface area contributed by atoms with E-state index in [-0.39, 0.29) is 5.75 Å². The average Bonchev–Trinajstić information content (AvgIpc) is 2.99. The van der Waals surface area contributed by atoms with Gasteiger partial charge in [0.15, 0.2) is 0 Å². The lowest BCUT2D eigenvalue weighted by atomic mass is 10.0. The van der Waals surface area contributed by atoms with E-state index >= 15 is 0 Å². The Bertz CT molecular complexity index is 1680. The van der Waals surface area contributed by atoms with Crippen LogP contribution in [0.15, 0.2) is 146 Å². The number of pyridine rings is 2. The zero-order valence-electron chi connectivity index (χ0n) is 20.6. The molecule has 0 unspecified atom stereocenters. The van der Waals surface area contributed by atoms with Gasteiger partial charge in [0, 0.05) is 16.7 Å². The summed E-state index contributed by atoms with van der Waals surface area (Å²) in [4.78, 5) is 12.2. The molecule has 4 aromatic carbocycles. The molecule has 0 atom stereocenters. The average molecular weight is 492 g/mol. The molecule has 4 heteroatoms. The number of rotatable bonds is 6. The number of aromatic nitrogens is 2. The first-order valence-corrected chi connectivity index (χ1v) is 12.5. The van der Waals surface area contributed by atoms with Crippen molar-refractivity contribution in [2.24, 2.45) is 0 Å². The first kappa shape index (κ1) is 23.2. The number of anilines is 3. The molecule has 6 rings (SSSR count). The van der Waals surface area contributed by atoms with Crippen LogP contribution in [-0.4, -0.2) is 15.1 Å². The zero-order chi connectivity index (χ0) is 25.7. The fraction of sp³-hybridized carbons (Fsp3) is 0. The van der Waals surface area contributed by atoms with Gasteiger partial charge in [-0.3, -0.25) is 4.90 Å². The number of hydrogen-bond acceptors (Lipinski definition) is 4. The first-order chi connectivity index (χ1) is 18.8. The van der Waals surface area contributed by atoms with Crippen molar-refractivity contribution in [3.8, 4) is 39.4 Å². The summed E-state index contributed by atoms with van der Waals surface area (Å²) < 4.78 is 0. The van der Waals surface area contributed by atoms with Gasteiger partial charge < -0.3 is 5.11 Å². The Morgan fingerprint density at radius 1 is 0.421 bits per heavy atom. The number of benzene rings is 4. The predicted molar refractivity (Wildman–Crippen MR) is 155 cm³/mol. The van der Waals surface area contributed by atoms with Gasteiger partial charge in [-0.15, -0.1) is 0 Å². The van der Waals surface area contributed by atoms with Gasteiger partial charge in [-0.25, -0.2) is 9.97 Å². The molecule has 0 aliphatic rings. The summed E-state index contributed by atoms with van der Waals surface area (Å²) in [5.74, 6) is 1.64. The summed E-state index contributed by atoms with van der Waals surface area (Å²) in [5.41, 5.74) is 6.40. The van der Waals surface area contributed by atoms with Gasteiger partial charge >= 0.3 is 0 Å². The molecule has 2 heterocycles. The molecule has 0 amide bonds. The van der Waals surface area contributed by atoms with Gasteiger partial charge in [0.05, 0.1) is 17.1 Å². The van der Waals surface area contributed by atoms with Crippen LogP contribution in [0.3, 0.4) is 0 Å². The summed E-state index contributed by atoms with van der Waals surface area (Å²) in [7, 11) is 0. The van der Waals surface area contributed by atoms with Gasteiger partial charge in [0.2, 0.25) is 0 Å². The van der Waals surface area contributed by atoms with Crippen LogP contribution in [0.2, 0.25) is 0 Å². The Morgan fingerprint density at radius 3 is 1.63 bits per heavy atom. The highest BCUT2D eigenvalue weighted by Gasteiger charge is 2.20. The number of nitrogens with zero attached hydrogens (tertiary/aromatic N) is 3. The smallest absolute Gasteiger partial charge is 0.139 e. The van der Waals surface area contributed by atoms with Crippen molar-refractivity contribution in [2.45, 2.75) is 0 Å². The second-order valence-corrected chi connectivity index (χ2v) is 8.86. The van der Waals surface area contributed by atoms with Crippen molar-refractivity contribution < 1.29 is 5.11 Å². The van der Waals surface area contributed by atoms with E-state index in [4.69, 9.17) is 9.97 Å². The summed E-state index contributed by atoms with van der Waals surface area (Å²) in [6, 6.07) is 47.9. The minimum Gasteiger partial charge on any atom is -0.507 e. The summed E-state index contributed by atoms with van der Waals surface area (Å²) in [6.07, 6.45) is 0. The fourth-order valence-electron chi connectivity index (χ4n) is 4.60. The van der Waals surface area contributed by atoms with Crippen molar-refractivity contribution in [2.75, 3.05) is 4.90 Å². The lowest BCUT2D eigenvalue weighted by Gasteiger charge is -2.26. The van der Waals surface area contributed by atoms with Crippen molar-refractivity contribution in [1.82, 2.24) is 9.97 Å². The molecule has 182 valence electrons. The molecule has 0 spiro atoms. The minimum atomic E-state index is 0.192. The Morgan fingerprint density at radius 2 is 0.947 bits per heavy atom. The van der Waals surface area contributed by atoms with Crippen LogP contribution in [0.1, 0.15) is 0 Å². The lowest BCUT2D eigenvalue weighted by molar-refractivity contribution is 0.477. The van der Waals surface area contributed by atoms with Crippen molar-refractivity contribution >= 4 is 17.3 Å². The summed E-state index contributed by atoms with van der Waals surface area (Å²) in [5, 5.41) is 10.5. The molecule has 0 saturated carbocycles. The van der Waals surface area contributed by atoms with Crippen LogP contribution in [0.5, 0.6) is 5.75 Å². The molecule has 0 aliphatic heterocycles. The van der Waals surface area contributed by atoms with E-state index in [2.05, 4.69) is 41.3 Å². The maximum atomic E-state index is 10.5. The third kappa shape index (κ3) is 4.63. The number of aromatic hydroxyl groups is 1. The first-order valence-electron chi connectivity index (χ1n) is 12.5. The monoisotopic (exact) mass is 491 g/mol. The van der Waals surface area contributed by atoms with Crippen LogP contribution in [0, 0.1) is 0 Å². The minimum absolute atomic E-state index is 0.192. The van der Waals surface area contributed by atoms with Gasteiger partial charge in [0.25, 0.3) is 0 Å². The third-order valence-electron chi connectivity index (χ3n) is 6.41. The van der Waals surface area contributed by atoms with Crippen LogP contribution in [0.25, 0.3) is 33.6 Å². The molecule has 0 bridgehead atoms. The molecular weight excluding hydrogens is 466 g/mol. The molecule has 0 saturated heterocycles. The van der Waals surface area contributed by atoms with E-state index in [1.165, 1.54) is 0 Å². The Labute approximate surface area is 222 Å². The predicted octanol–water partition coefficient (Wildman–Crippen LogP) is 8.65. The van der Waals surface area contributed by atoms with E-state index in [0.717, 1.165) is 33.9 Å². The Balaban J connectivity index is 1.56. The number of para-hydroxylation sites is 2. The van der Waals surface area contributed by atoms with Gasteiger partial charge in [-0.2, -0.15) is 0 Å². The zero-order valence-corrected chi connectivity index (χ0v) is 20.6. The van der Waals surface area contributed by atoms with E-state index in [9.17, 15) is 5.11 Å². The Kier molecular flexibility index (Phi) is 6.35. The van der Waals surface area contributed by atoms with Crippen molar-refractivity contribution in [3.63, 3.8) is 0 Å². The molecule has 0 aliphatic carbocycles. The largest absolute Gasteiger partial charge is 0.507 e. The van der Waals surface area contributed by atoms with Crippen LogP contribution in [0.4, 0.5) is 17.3 Å². The van der Waals surface area contributed by atoms with Crippen LogP contribution in [-0.2, 0) is 0 Å². The third-order valence-corrected chi connectivity index (χ3v) is 6.41. The number of hydrogen-bond donors (Lipinski definition) is 1. The standard InChI is InChI=1S/C34H25N3O/c38-32-22-10-8-18-28(32)30-20-12-24-34(36-30)37(31-21-9-7-17-27(31)25-13-3-1-4-14-25)33-23-11-19-29(35-33)26-15-5-2-6-16-26/h1-24,38H. The SMILES string of the molecule is Oc1ccccc1-c1cccc(N(c2cccc(-c3ccccc3)n2)c2ccccc2-c2ccccc2)n1. The van der Waals surface area contributed by atoms with E-state index in [1.54, 1.807) is 6.07 Å². The second-order valence-electron chi connectivity index (χ2n) is 8.86.